The number of benzene rings is 3. The molecular weight excluding hydrogens is 506 g/mol. The van der Waals surface area contributed by atoms with E-state index in [0.29, 0.717) is 24.4 Å². The van der Waals surface area contributed by atoms with Gasteiger partial charge in [-0.1, -0.05) is 18.2 Å². The molecule has 3 aromatic rings. The summed E-state index contributed by atoms with van der Waals surface area (Å²) in [6.07, 6.45) is 3.10. The Labute approximate surface area is 225 Å². The Morgan fingerprint density at radius 3 is 2.15 bits per heavy atom. The van der Waals surface area contributed by atoms with Crippen molar-refractivity contribution in [3.63, 3.8) is 0 Å². The van der Waals surface area contributed by atoms with Gasteiger partial charge in [0.25, 0.3) is 11.8 Å². The molecule has 204 valence electrons. The lowest BCUT2D eigenvalue weighted by Gasteiger charge is -2.54. The summed E-state index contributed by atoms with van der Waals surface area (Å²) in [6, 6.07) is 17.4. The first-order chi connectivity index (χ1) is 18.8. The highest BCUT2D eigenvalue weighted by Gasteiger charge is 2.49. The number of rotatable bonds is 7. The van der Waals surface area contributed by atoms with Crippen LogP contribution in [0.5, 0.6) is 23.0 Å². The van der Waals surface area contributed by atoms with Crippen molar-refractivity contribution in [3.05, 3.63) is 83.4 Å². The number of hydrogen-bond donors (Lipinski definition) is 1. The largest absolute Gasteiger partial charge is 0.494 e. The molecule has 3 aromatic carbocycles. The van der Waals surface area contributed by atoms with E-state index in [4.69, 9.17) is 14.2 Å². The van der Waals surface area contributed by atoms with Crippen LogP contribution in [0.4, 0.5) is 8.78 Å². The van der Waals surface area contributed by atoms with Crippen molar-refractivity contribution in [2.24, 2.45) is 5.41 Å². The molecule has 39 heavy (non-hydrogen) atoms. The zero-order valence-electron chi connectivity index (χ0n) is 21.8. The van der Waals surface area contributed by atoms with Gasteiger partial charge in [-0.25, -0.2) is 4.39 Å². The first-order valence-electron chi connectivity index (χ1n) is 12.9. The predicted octanol–water partition coefficient (Wildman–Crippen LogP) is 5.59. The number of amides is 2. The second kappa shape index (κ2) is 10.9. The Morgan fingerprint density at radius 2 is 1.56 bits per heavy atom. The Morgan fingerprint density at radius 1 is 0.897 bits per heavy atom. The molecule has 0 aromatic heterocycles. The standard InChI is InChI=1S/C30H30F2N2O5/c1-37-23-18-22(25(31)27(38-2)26(23)32)28(35)33-24-12-13-30(24)14-16-34(17-15-30)29(36)19-8-10-21(11-9-19)39-20-6-4-3-5-7-20/h3-11,18,24H,12-17H2,1-2H3,(H,33,35). The van der Waals surface area contributed by atoms with Gasteiger partial charge in [0.05, 0.1) is 19.8 Å². The number of likely N-dealkylation sites (tertiary alicyclic amines) is 1. The van der Waals surface area contributed by atoms with Crippen LogP contribution in [0, 0.1) is 17.0 Å². The highest BCUT2D eigenvalue weighted by molar-refractivity contribution is 5.96. The molecule has 5 rings (SSSR count). The van der Waals surface area contributed by atoms with Crippen molar-refractivity contribution in [2.75, 3.05) is 27.3 Å². The molecule has 2 aliphatic rings. The van der Waals surface area contributed by atoms with Crippen molar-refractivity contribution in [3.8, 4) is 23.0 Å². The van der Waals surface area contributed by atoms with Crippen LogP contribution in [-0.2, 0) is 0 Å². The number of para-hydroxylation sites is 1. The van der Waals surface area contributed by atoms with E-state index in [9.17, 15) is 18.4 Å². The van der Waals surface area contributed by atoms with Gasteiger partial charge in [0.2, 0.25) is 5.82 Å². The molecule has 1 aliphatic heterocycles. The minimum Gasteiger partial charge on any atom is -0.494 e. The second-order valence-corrected chi connectivity index (χ2v) is 9.95. The van der Waals surface area contributed by atoms with Crippen molar-refractivity contribution >= 4 is 11.8 Å². The maximum Gasteiger partial charge on any atom is 0.254 e. The van der Waals surface area contributed by atoms with Crippen LogP contribution in [0.3, 0.4) is 0 Å². The lowest BCUT2D eigenvalue weighted by molar-refractivity contribution is -0.00239. The fourth-order valence-corrected chi connectivity index (χ4v) is 5.47. The van der Waals surface area contributed by atoms with Gasteiger partial charge in [-0.15, -0.1) is 0 Å². The molecule has 7 nitrogen and oxygen atoms in total. The first kappa shape index (κ1) is 26.5. The zero-order valence-corrected chi connectivity index (χ0v) is 21.8. The summed E-state index contributed by atoms with van der Waals surface area (Å²) in [5.74, 6) is -2.32. The third-order valence-corrected chi connectivity index (χ3v) is 7.90. The number of halogens is 2. The Kier molecular flexibility index (Phi) is 7.41. The van der Waals surface area contributed by atoms with Gasteiger partial charge in [0, 0.05) is 24.7 Å². The van der Waals surface area contributed by atoms with E-state index in [1.54, 1.807) is 24.3 Å². The number of piperidine rings is 1. The number of nitrogens with one attached hydrogen (secondary N) is 1. The summed E-state index contributed by atoms with van der Waals surface area (Å²) in [7, 11) is 2.37. The number of ether oxygens (including phenoxy) is 3. The van der Waals surface area contributed by atoms with Crippen molar-refractivity contribution in [2.45, 2.75) is 31.7 Å². The van der Waals surface area contributed by atoms with E-state index < -0.39 is 23.3 Å². The van der Waals surface area contributed by atoms with E-state index in [-0.39, 0.29) is 28.7 Å². The summed E-state index contributed by atoms with van der Waals surface area (Å²) >= 11 is 0. The van der Waals surface area contributed by atoms with Crippen LogP contribution < -0.4 is 19.5 Å². The maximum atomic E-state index is 14.8. The number of hydrogen-bond acceptors (Lipinski definition) is 5. The van der Waals surface area contributed by atoms with Gasteiger partial charge in [-0.2, -0.15) is 4.39 Å². The van der Waals surface area contributed by atoms with E-state index in [2.05, 4.69) is 5.32 Å². The van der Waals surface area contributed by atoms with Gasteiger partial charge in [0.15, 0.2) is 17.3 Å². The normalized spacial score (nSPS) is 17.7. The third-order valence-electron chi connectivity index (χ3n) is 7.90. The lowest BCUT2D eigenvalue weighted by atomic mass is 9.59. The number of carbonyl (C=O) groups excluding carboxylic acids is 2. The molecule has 2 fully saturated rings. The predicted molar refractivity (Wildman–Crippen MR) is 140 cm³/mol. The van der Waals surface area contributed by atoms with Crippen LogP contribution in [0.25, 0.3) is 0 Å². The molecule has 1 atom stereocenters. The van der Waals surface area contributed by atoms with E-state index in [0.717, 1.165) is 44.6 Å². The molecule has 1 N–H and O–H groups in total. The quantitative estimate of drug-likeness (QED) is 0.426. The number of carbonyl (C=O) groups is 2. The van der Waals surface area contributed by atoms with Gasteiger partial charge in [0.1, 0.15) is 11.5 Å². The summed E-state index contributed by atoms with van der Waals surface area (Å²) in [5, 5.41) is 2.93. The van der Waals surface area contributed by atoms with Crippen LogP contribution >= 0.6 is 0 Å². The molecule has 0 bridgehead atoms. The monoisotopic (exact) mass is 536 g/mol. The fraction of sp³-hybridized carbons (Fsp3) is 0.333. The van der Waals surface area contributed by atoms with Crippen molar-refractivity contribution < 1.29 is 32.6 Å². The van der Waals surface area contributed by atoms with E-state index in [1.165, 1.54) is 7.11 Å². The lowest BCUT2D eigenvalue weighted by Crippen LogP contribution is -2.59. The van der Waals surface area contributed by atoms with Gasteiger partial charge in [-0.05, 0) is 73.6 Å². The SMILES string of the molecule is COc1cc(C(=O)NC2CCC23CCN(C(=O)c2ccc(Oc4ccccc4)cc2)CC3)c(F)c(OC)c1F. The molecule has 2 amide bonds. The summed E-state index contributed by atoms with van der Waals surface area (Å²) in [4.78, 5) is 27.9. The maximum absolute atomic E-state index is 14.8. The van der Waals surface area contributed by atoms with Crippen molar-refractivity contribution in [1.29, 1.82) is 0 Å². The molecular formula is C30H30F2N2O5. The van der Waals surface area contributed by atoms with Crippen molar-refractivity contribution in [1.82, 2.24) is 10.2 Å². The highest BCUT2D eigenvalue weighted by Crippen LogP contribution is 2.49. The number of nitrogens with zero attached hydrogens (tertiary/aromatic N) is 1. The Balaban J connectivity index is 1.20. The van der Waals surface area contributed by atoms with E-state index >= 15 is 0 Å². The molecule has 0 radical (unpaired) electrons. The fourth-order valence-electron chi connectivity index (χ4n) is 5.47. The Bertz CT molecular complexity index is 1360. The summed E-state index contributed by atoms with van der Waals surface area (Å²) in [5.41, 5.74) is 0.0868. The Hall–Kier alpha value is -4.14. The molecule has 1 unspecified atom stereocenters. The minimum atomic E-state index is -1.07. The molecule has 1 saturated heterocycles. The van der Waals surface area contributed by atoms with Crippen LogP contribution in [-0.4, -0.2) is 50.1 Å². The first-order valence-corrected chi connectivity index (χ1v) is 12.9. The van der Waals surface area contributed by atoms with Crippen LogP contribution in [0.2, 0.25) is 0 Å². The summed E-state index contributed by atoms with van der Waals surface area (Å²) in [6.45, 7) is 1.11. The van der Waals surface area contributed by atoms with Gasteiger partial charge >= 0.3 is 0 Å². The van der Waals surface area contributed by atoms with Crippen LogP contribution in [0.1, 0.15) is 46.4 Å². The average Bonchev–Trinajstić information content (AvgIpc) is 2.96. The smallest absolute Gasteiger partial charge is 0.254 e. The summed E-state index contributed by atoms with van der Waals surface area (Å²) < 4.78 is 44.7. The third kappa shape index (κ3) is 5.13. The highest BCUT2D eigenvalue weighted by atomic mass is 19.1. The zero-order chi connectivity index (χ0) is 27.6. The van der Waals surface area contributed by atoms with Crippen LogP contribution in [0.15, 0.2) is 60.7 Å². The van der Waals surface area contributed by atoms with Gasteiger partial charge < -0.3 is 24.4 Å². The molecule has 1 saturated carbocycles. The molecule has 9 heteroatoms. The molecule has 1 aliphatic carbocycles. The number of methoxy groups -OCH3 is 2. The molecule has 1 heterocycles. The average molecular weight is 537 g/mol. The second-order valence-electron chi connectivity index (χ2n) is 9.95. The minimum absolute atomic E-state index is 0.0522. The topological polar surface area (TPSA) is 77.1 Å². The molecule has 1 spiro atoms. The van der Waals surface area contributed by atoms with E-state index in [1.807, 2.05) is 35.2 Å². The van der Waals surface area contributed by atoms with Gasteiger partial charge in [-0.3, -0.25) is 9.59 Å².